The number of hydrogen-bond acceptors (Lipinski definition) is 6. The van der Waals surface area contributed by atoms with E-state index in [1.165, 1.54) is 22.7 Å². The molecule has 144 valence electrons. The summed E-state index contributed by atoms with van der Waals surface area (Å²) in [5.74, 6) is 0.715. The first kappa shape index (κ1) is 17.7. The zero-order valence-corrected chi connectivity index (χ0v) is 16.5. The van der Waals surface area contributed by atoms with Gasteiger partial charge in [0, 0.05) is 53.6 Å². The summed E-state index contributed by atoms with van der Waals surface area (Å²) < 4.78 is 1.63. The van der Waals surface area contributed by atoms with Gasteiger partial charge in [0.25, 0.3) is 5.56 Å². The lowest BCUT2D eigenvalue weighted by Gasteiger charge is -2.24. The molecular formula is C21H23N5OS. The summed E-state index contributed by atoms with van der Waals surface area (Å²) in [5, 5.41) is 5.92. The molecule has 0 radical (unpaired) electrons. The molecule has 1 aliphatic carbocycles. The van der Waals surface area contributed by atoms with Gasteiger partial charge >= 0.3 is 0 Å². The standard InChI is InChI=1S/C21H23N5OS/c27-20-6-5-19(15-7-9-22-10-8-15)24-26(20)13-17-2-1-11-25(17)14-18-12-23-21(28-18)16-3-4-16/h5-10,12,16-17H,1-4,11,13-14H2. The maximum atomic E-state index is 12.4. The minimum atomic E-state index is -0.0431. The minimum Gasteiger partial charge on any atom is -0.293 e. The van der Waals surface area contributed by atoms with Crippen molar-refractivity contribution < 1.29 is 0 Å². The van der Waals surface area contributed by atoms with E-state index >= 15 is 0 Å². The van der Waals surface area contributed by atoms with Crippen LogP contribution in [-0.2, 0) is 13.1 Å². The first-order valence-corrected chi connectivity index (χ1v) is 10.7. The van der Waals surface area contributed by atoms with Gasteiger partial charge in [-0.2, -0.15) is 5.10 Å². The summed E-state index contributed by atoms with van der Waals surface area (Å²) >= 11 is 1.86. The van der Waals surface area contributed by atoms with E-state index in [2.05, 4.69) is 20.0 Å². The van der Waals surface area contributed by atoms with Crippen LogP contribution in [0, 0.1) is 0 Å². The molecule has 28 heavy (non-hydrogen) atoms. The van der Waals surface area contributed by atoms with Crippen LogP contribution in [0.2, 0.25) is 0 Å². The van der Waals surface area contributed by atoms with Crippen LogP contribution in [0.25, 0.3) is 11.3 Å². The second-order valence-electron chi connectivity index (χ2n) is 7.68. The molecule has 1 saturated heterocycles. The Hall–Kier alpha value is -2.38. The van der Waals surface area contributed by atoms with Crippen molar-refractivity contribution in [3.8, 4) is 11.3 Å². The third-order valence-corrected chi connectivity index (χ3v) is 6.73. The van der Waals surface area contributed by atoms with E-state index in [1.54, 1.807) is 29.2 Å². The van der Waals surface area contributed by atoms with Gasteiger partial charge in [0.2, 0.25) is 0 Å². The summed E-state index contributed by atoms with van der Waals surface area (Å²) in [6.07, 6.45) is 10.4. The number of likely N-dealkylation sites (tertiary alicyclic amines) is 1. The van der Waals surface area contributed by atoms with Crippen molar-refractivity contribution in [2.45, 2.75) is 50.7 Å². The number of rotatable bonds is 6. The molecule has 0 N–H and O–H groups in total. The van der Waals surface area contributed by atoms with E-state index in [1.807, 2.05) is 29.7 Å². The fourth-order valence-corrected chi connectivity index (χ4v) is 4.99. The molecular weight excluding hydrogens is 370 g/mol. The number of hydrogen-bond donors (Lipinski definition) is 0. The van der Waals surface area contributed by atoms with Crippen LogP contribution >= 0.6 is 11.3 Å². The van der Waals surface area contributed by atoms with Crippen LogP contribution in [0.3, 0.4) is 0 Å². The fourth-order valence-electron chi connectivity index (χ4n) is 3.88. The Bertz CT molecular complexity index is 1010. The normalized spacial score (nSPS) is 19.9. The number of nitrogens with zero attached hydrogens (tertiary/aromatic N) is 5. The highest BCUT2D eigenvalue weighted by atomic mass is 32.1. The van der Waals surface area contributed by atoms with E-state index in [-0.39, 0.29) is 5.56 Å². The lowest BCUT2D eigenvalue weighted by atomic mass is 10.2. The monoisotopic (exact) mass is 393 g/mol. The molecule has 0 aromatic carbocycles. The molecule has 1 atom stereocenters. The first-order valence-electron chi connectivity index (χ1n) is 9.93. The summed E-state index contributed by atoms with van der Waals surface area (Å²) in [5.41, 5.74) is 1.74. The van der Waals surface area contributed by atoms with Gasteiger partial charge in [0.15, 0.2) is 0 Å². The molecule has 1 saturated carbocycles. The topological polar surface area (TPSA) is 63.9 Å². The van der Waals surface area contributed by atoms with Gasteiger partial charge in [0.05, 0.1) is 17.2 Å². The fraction of sp³-hybridized carbons (Fsp3) is 0.429. The summed E-state index contributed by atoms with van der Waals surface area (Å²) in [7, 11) is 0. The molecule has 2 aliphatic rings. The molecule has 2 fully saturated rings. The Morgan fingerprint density at radius 1 is 1.11 bits per heavy atom. The largest absolute Gasteiger partial charge is 0.293 e. The molecule has 1 unspecified atom stereocenters. The molecule has 3 aromatic rings. The third kappa shape index (κ3) is 3.77. The molecule has 0 spiro atoms. The van der Waals surface area contributed by atoms with E-state index in [9.17, 15) is 4.79 Å². The lowest BCUT2D eigenvalue weighted by Crippen LogP contribution is -2.36. The zero-order chi connectivity index (χ0) is 18.9. The lowest BCUT2D eigenvalue weighted by molar-refractivity contribution is 0.218. The average molecular weight is 394 g/mol. The number of pyridine rings is 1. The van der Waals surface area contributed by atoms with Crippen molar-refractivity contribution in [2.24, 2.45) is 0 Å². The molecule has 0 amide bonds. The second-order valence-corrected chi connectivity index (χ2v) is 8.83. The Morgan fingerprint density at radius 3 is 2.79 bits per heavy atom. The molecule has 7 heteroatoms. The van der Waals surface area contributed by atoms with Gasteiger partial charge in [-0.25, -0.2) is 9.67 Å². The predicted octanol–water partition coefficient (Wildman–Crippen LogP) is 3.30. The quantitative estimate of drug-likeness (QED) is 0.643. The van der Waals surface area contributed by atoms with Crippen molar-refractivity contribution in [1.29, 1.82) is 0 Å². The van der Waals surface area contributed by atoms with E-state index in [0.717, 1.165) is 37.2 Å². The number of thiazole rings is 1. The van der Waals surface area contributed by atoms with Crippen LogP contribution < -0.4 is 5.56 Å². The van der Waals surface area contributed by atoms with Crippen LogP contribution in [0.4, 0.5) is 0 Å². The maximum absolute atomic E-state index is 12.4. The Balaban J connectivity index is 1.32. The second kappa shape index (κ2) is 7.56. The minimum absolute atomic E-state index is 0.0431. The highest BCUT2D eigenvalue weighted by Crippen LogP contribution is 2.42. The van der Waals surface area contributed by atoms with Crippen molar-refractivity contribution in [3.63, 3.8) is 0 Å². The van der Waals surface area contributed by atoms with Crippen molar-refractivity contribution >= 4 is 11.3 Å². The molecule has 4 heterocycles. The van der Waals surface area contributed by atoms with Crippen LogP contribution in [0.15, 0.2) is 47.7 Å². The van der Waals surface area contributed by atoms with Crippen molar-refractivity contribution in [3.05, 3.63) is 63.1 Å². The number of aromatic nitrogens is 4. The van der Waals surface area contributed by atoms with Crippen molar-refractivity contribution in [1.82, 2.24) is 24.6 Å². The van der Waals surface area contributed by atoms with E-state index < -0.39 is 0 Å². The zero-order valence-electron chi connectivity index (χ0n) is 15.7. The predicted molar refractivity (Wildman–Crippen MR) is 109 cm³/mol. The Labute approximate surface area is 167 Å². The molecule has 0 bridgehead atoms. The molecule has 5 rings (SSSR count). The summed E-state index contributed by atoms with van der Waals surface area (Å²) in [6.45, 7) is 2.63. The van der Waals surface area contributed by atoms with Crippen molar-refractivity contribution in [2.75, 3.05) is 6.54 Å². The highest BCUT2D eigenvalue weighted by Gasteiger charge is 2.29. The van der Waals surface area contributed by atoms with Gasteiger partial charge in [-0.3, -0.25) is 14.7 Å². The van der Waals surface area contributed by atoms with E-state index in [0.29, 0.717) is 18.5 Å². The highest BCUT2D eigenvalue weighted by molar-refractivity contribution is 7.11. The third-order valence-electron chi connectivity index (χ3n) is 5.58. The van der Waals surface area contributed by atoms with Crippen LogP contribution in [0.1, 0.15) is 41.5 Å². The van der Waals surface area contributed by atoms with E-state index in [4.69, 9.17) is 0 Å². The Kier molecular flexibility index (Phi) is 4.78. The Morgan fingerprint density at radius 2 is 1.96 bits per heavy atom. The molecule has 1 aliphatic heterocycles. The average Bonchev–Trinajstić information content (AvgIpc) is 3.32. The van der Waals surface area contributed by atoms with Gasteiger partial charge in [-0.1, -0.05) is 0 Å². The SMILES string of the molecule is O=c1ccc(-c2ccncc2)nn1CC1CCCN1Cc1cnc(C2CC2)s1. The van der Waals surface area contributed by atoms with Crippen LogP contribution in [-0.4, -0.2) is 37.2 Å². The first-order chi connectivity index (χ1) is 13.8. The summed E-state index contributed by atoms with van der Waals surface area (Å²) in [4.78, 5) is 24.9. The van der Waals surface area contributed by atoms with Gasteiger partial charge in [-0.05, 0) is 50.4 Å². The molecule has 6 nitrogen and oxygen atoms in total. The molecule has 3 aromatic heterocycles. The van der Waals surface area contributed by atoms with Gasteiger partial charge in [-0.15, -0.1) is 11.3 Å². The van der Waals surface area contributed by atoms with Gasteiger partial charge < -0.3 is 0 Å². The summed E-state index contributed by atoms with van der Waals surface area (Å²) in [6, 6.07) is 7.58. The maximum Gasteiger partial charge on any atom is 0.266 e. The van der Waals surface area contributed by atoms with Gasteiger partial charge in [0.1, 0.15) is 0 Å². The van der Waals surface area contributed by atoms with Crippen LogP contribution in [0.5, 0.6) is 0 Å². The smallest absolute Gasteiger partial charge is 0.266 e.